The highest BCUT2D eigenvalue weighted by Gasteiger charge is 2.62. The predicted molar refractivity (Wildman–Crippen MR) is 183 cm³/mol. The van der Waals surface area contributed by atoms with Crippen LogP contribution < -0.4 is 14.8 Å². The van der Waals surface area contributed by atoms with E-state index in [0.29, 0.717) is 43.0 Å². The van der Waals surface area contributed by atoms with Crippen molar-refractivity contribution in [1.29, 1.82) is 0 Å². The van der Waals surface area contributed by atoms with E-state index < -0.39 is 35.4 Å². The van der Waals surface area contributed by atoms with Crippen LogP contribution in [-0.4, -0.2) is 70.1 Å². The average Bonchev–Trinajstić information content (AvgIpc) is 3.61. The number of aromatic nitrogens is 2. The molecule has 6 rings (SSSR count). The minimum Gasteiger partial charge on any atom is -0.496 e. The Balaban J connectivity index is 1.35. The molecule has 2 aliphatic carbocycles. The summed E-state index contributed by atoms with van der Waals surface area (Å²) in [6.07, 6.45) is 7.88. The highest BCUT2D eigenvalue weighted by Crippen LogP contribution is 2.48. The molecule has 0 saturated heterocycles. The number of hydrogen-bond donors (Lipinski definition) is 2. The summed E-state index contributed by atoms with van der Waals surface area (Å²) in [6.45, 7) is 6.74. The maximum Gasteiger partial charge on any atom is 0.329 e. The van der Waals surface area contributed by atoms with E-state index in [1.54, 1.807) is 19.1 Å². The summed E-state index contributed by atoms with van der Waals surface area (Å²) in [5, 5.41) is 13.8. The minimum absolute atomic E-state index is 0.112. The number of nitrogens with one attached hydrogen (secondary N) is 1. The molecule has 1 aliphatic heterocycles. The van der Waals surface area contributed by atoms with Gasteiger partial charge in [-0.25, -0.2) is 9.78 Å². The molecule has 1 aromatic carbocycles. The van der Waals surface area contributed by atoms with Gasteiger partial charge in [-0.15, -0.1) is 0 Å². The molecule has 0 bridgehead atoms. The van der Waals surface area contributed by atoms with Gasteiger partial charge in [-0.3, -0.25) is 14.6 Å². The molecule has 2 fully saturated rings. The first-order valence-electron chi connectivity index (χ1n) is 17.1. The lowest BCUT2D eigenvalue weighted by atomic mass is 9.93. The van der Waals surface area contributed by atoms with Crippen LogP contribution in [0.4, 0.5) is 0 Å². The number of nitrogens with zero attached hydrogens (tertiary/aromatic N) is 3. The van der Waals surface area contributed by atoms with Crippen molar-refractivity contribution in [3.05, 3.63) is 59.8 Å². The quantitative estimate of drug-likeness (QED) is 0.307. The van der Waals surface area contributed by atoms with Crippen LogP contribution in [0, 0.1) is 24.7 Å². The van der Waals surface area contributed by atoms with Crippen LogP contribution in [0.5, 0.6) is 11.5 Å². The molecule has 2 saturated carbocycles. The number of carbonyl (C=O) groups is 3. The van der Waals surface area contributed by atoms with E-state index in [9.17, 15) is 19.5 Å². The van der Waals surface area contributed by atoms with Gasteiger partial charge in [0.25, 0.3) is 0 Å². The number of hydrogen-bond acceptors (Lipinski definition) is 7. The molecule has 2 N–H and O–H groups in total. The van der Waals surface area contributed by atoms with Crippen LogP contribution >= 0.6 is 0 Å². The van der Waals surface area contributed by atoms with Crippen LogP contribution in [-0.2, 0) is 14.4 Å². The zero-order chi connectivity index (χ0) is 34.2. The Morgan fingerprint density at radius 3 is 2.58 bits per heavy atom. The molecule has 0 unspecified atom stereocenters. The van der Waals surface area contributed by atoms with E-state index in [0.717, 1.165) is 47.1 Å². The molecule has 3 aliphatic rings. The Bertz CT molecular complexity index is 1750. The van der Waals surface area contributed by atoms with Gasteiger partial charge in [0.15, 0.2) is 0 Å². The molecule has 10 nitrogen and oxygen atoms in total. The van der Waals surface area contributed by atoms with Gasteiger partial charge in [0.05, 0.1) is 35.9 Å². The number of fused-ring (bicyclic) bond motifs is 3. The van der Waals surface area contributed by atoms with Crippen LogP contribution in [0.25, 0.3) is 22.3 Å². The number of aliphatic carboxylic acids is 1. The fourth-order valence-corrected chi connectivity index (χ4v) is 7.35. The number of rotatable bonds is 6. The highest BCUT2D eigenvalue weighted by atomic mass is 16.5. The lowest BCUT2D eigenvalue weighted by molar-refractivity contribution is -0.145. The molecule has 2 amide bonds. The number of methoxy groups -OCH3 is 1. The second-order valence-corrected chi connectivity index (χ2v) is 14.0. The van der Waals surface area contributed by atoms with Gasteiger partial charge in [-0.05, 0) is 88.0 Å². The van der Waals surface area contributed by atoms with Gasteiger partial charge < -0.3 is 24.8 Å². The number of ether oxygens (including phenoxy) is 2. The van der Waals surface area contributed by atoms with E-state index in [1.807, 2.05) is 49.4 Å². The normalized spacial score (nSPS) is 27.0. The summed E-state index contributed by atoms with van der Waals surface area (Å²) >= 11 is 0. The fourth-order valence-electron chi connectivity index (χ4n) is 7.35. The molecule has 3 heterocycles. The van der Waals surface area contributed by atoms with Gasteiger partial charge in [-0.1, -0.05) is 32.1 Å². The van der Waals surface area contributed by atoms with E-state index >= 15 is 0 Å². The zero-order valence-electron chi connectivity index (χ0n) is 28.5. The summed E-state index contributed by atoms with van der Waals surface area (Å²) < 4.78 is 12.4. The Kier molecular flexibility index (Phi) is 9.45. The molecule has 0 spiro atoms. The minimum atomic E-state index is -1.30. The summed E-state index contributed by atoms with van der Waals surface area (Å²) in [7, 11) is 3.41. The first kappa shape index (κ1) is 33.4. The Morgan fingerprint density at radius 1 is 1.04 bits per heavy atom. The van der Waals surface area contributed by atoms with Crippen molar-refractivity contribution in [2.75, 3.05) is 20.7 Å². The first-order chi connectivity index (χ1) is 23.0. The number of carboxylic acids is 1. The predicted octanol–water partition coefficient (Wildman–Crippen LogP) is 6.06. The van der Waals surface area contributed by atoms with Crippen molar-refractivity contribution >= 4 is 28.7 Å². The third-order valence-electron chi connectivity index (χ3n) is 10.4. The van der Waals surface area contributed by atoms with Crippen molar-refractivity contribution < 1.29 is 29.0 Å². The van der Waals surface area contributed by atoms with Crippen molar-refractivity contribution in [1.82, 2.24) is 20.2 Å². The van der Waals surface area contributed by atoms with Crippen molar-refractivity contribution in [3.63, 3.8) is 0 Å². The lowest BCUT2D eigenvalue weighted by Crippen LogP contribution is -2.49. The monoisotopic (exact) mass is 654 g/mol. The van der Waals surface area contributed by atoms with Crippen LogP contribution in [0.2, 0.25) is 0 Å². The summed E-state index contributed by atoms with van der Waals surface area (Å²) in [4.78, 5) is 51.9. The number of carbonyl (C=O) groups excluding carboxylic acids is 2. The Hall–Kier alpha value is -4.47. The zero-order valence-corrected chi connectivity index (χ0v) is 28.5. The van der Waals surface area contributed by atoms with E-state index in [4.69, 9.17) is 19.4 Å². The third-order valence-corrected chi connectivity index (χ3v) is 10.4. The van der Waals surface area contributed by atoms with Crippen molar-refractivity contribution in [2.45, 2.75) is 83.3 Å². The standard InChI is InChI=1S/C38H46N4O6/c1-22(2)29-13-11-14-30(39-29)31-20-33(26-15-16-32(47-5)23(3)34(26)40-31)48-25-18-27-28(19-25)36(44)42(4)17-10-8-6-7-9-12-24-21-38(24,37(45)46)41-35(27)43/h7,9,11,13-16,20,22,24-25,27-28H,6,8,10,12,17-19,21H2,1-5H3,(H,41,43)(H,45,46)/b9-7-/t24-,25-,27-,28-,38-/m1/s1. The summed E-state index contributed by atoms with van der Waals surface area (Å²) in [5.74, 6) is -1.53. The summed E-state index contributed by atoms with van der Waals surface area (Å²) in [6, 6.07) is 11.6. The smallest absolute Gasteiger partial charge is 0.329 e. The van der Waals surface area contributed by atoms with Gasteiger partial charge in [-0.2, -0.15) is 0 Å². The Labute approximate surface area is 281 Å². The van der Waals surface area contributed by atoms with Gasteiger partial charge in [0.2, 0.25) is 11.8 Å². The van der Waals surface area contributed by atoms with Crippen LogP contribution in [0.1, 0.15) is 76.0 Å². The van der Waals surface area contributed by atoms with Gasteiger partial charge in [0.1, 0.15) is 23.1 Å². The number of carboxylic acid groups (broad SMARTS) is 1. The van der Waals surface area contributed by atoms with E-state index in [-0.39, 0.29) is 24.2 Å². The maximum absolute atomic E-state index is 13.9. The number of benzene rings is 1. The number of aryl methyl sites for hydroxylation is 1. The van der Waals surface area contributed by atoms with Gasteiger partial charge >= 0.3 is 5.97 Å². The number of pyridine rings is 2. The molecule has 10 heteroatoms. The van der Waals surface area contributed by atoms with Crippen LogP contribution in [0.3, 0.4) is 0 Å². The van der Waals surface area contributed by atoms with Crippen LogP contribution in [0.15, 0.2) is 48.6 Å². The van der Waals surface area contributed by atoms with Crippen molar-refractivity contribution in [3.8, 4) is 22.9 Å². The molecule has 254 valence electrons. The van der Waals surface area contributed by atoms with Gasteiger partial charge in [0, 0.05) is 36.3 Å². The summed E-state index contributed by atoms with van der Waals surface area (Å²) in [5.41, 5.74) is 2.60. The average molecular weight is 655 g/mol. The first-order valence-corrected chi connectivity index (χ1v) is 17.1. The van der Waals surface area contributed by atoms with E-state index in [1.165, 1.54) is 0 Å². The SMILES string of the molecule is COc1ccc2c(O[C@@H]3C[C@H]4C(=O)N[C@]5(C(=O)O)C[C@H]5C/C=C\CCCCN(C)C(=O)[C@@H]4C3)cc(-c3cccc(C(C)C)n3)nc2c1C. The van der Waals surface area contributed by atoms with E-state index in [2.05, 4.69) is 25.2 Å². The molecule has 48 heavy (non-hydrogen) atoms. The molecular formula is C38H46N4O6. The highest BCUT2D eigenvalue weighted by molar-refractivity contribution is 5.94. The molecule has 0 radical (unpaired) electrons. The van der Waals surface area contributed by atoms with Crippen molar-refractivity contribution in [2.24, 2.45) is 17.8 Å². The molecule has 5 atom stereocenters. The number of amides is 2. The Morgan fingerprint density at radius 2 is 1.83 bits per heavy atom. The lowest BCUT2D eigenvalue weighted by Gasteiger charge is -2.25. The molecule has 2 aromatic heterocycles. The topological polar surface area (TPSA) is 131 Å². The second kappa shape index (κ2) is 13.6. The molecular weight excluding hydrogens is 608 g/mol. The largest absolute Gasteiger partial charge is 0.496 e. The number of allylic oxidation sites excluding steroid dienone is 2. The third kappa shape index (κ3) is 6.49. The maximum atomic E-state index is 13.9. The fraction of sp³-hybridized carbons (Fsp3) is 0.500. The second-order valence-electron chi connectivity index (χ2n) is 14.0. The molecule has 3 aromatic rings.